The number of imidazole rings is 1. The van der Waals surface area contributed by atoms with Crippen LogP contribution in [0, 0.1) is 5.92 Å². The average Bonchev–Trinajstić information content (AvgIpc) is 3.03. The second kappa shape index (κ2) is 5.88. The van der Waals surface area contributed by atoms with Gasteiger partial charge in [0, 0.05) is 29.6 Å². The van der Waals surface area contributed by atoms with E-state index in [0.717, 1.165) is 43.0 Å². The van der Waals surface area contributed by atoms with Crippen molar-refractivity contribution in [2.75, 3.05) is 18.4 Å². The van der Waals surface area contributed by atoms with E-state index in [9.17, 15) is 4.79 Å². The van der Waals surface area contributed by atoms with Crippen LogP contribution in [0.4, 0.5) is 5.69 Å². The predicted octanol–water partition coefficient (Wildman–Crippen LogP) is 2.01. The molecule has 104 valence electrons. The number of H-pyrrole nitrogens is 1. The smallest absolute Gasteiger partial charge is 0.227 e. The van der Waals surface area contributed by atoms with Crippen LogP contribution in [0.1, 0.15) is 12.8 Å². The number of benzene rings is 1. The van der Waals surface area contributed by atoms with Gasteiger partial charge in [-0.25, -0.2) is 4.98 Å². The number of carbonyl (C=O) groups is 1. The van der Waals surface area contributed by atoms with E-state index in [4.69, 9.17) is 0 Å². The summed E-state index contributed by atoms with van der Waals surface area (Å²) in [6.45, 7) is 1.85. The Morgan fingerprint density at radius 1 is 1.20 bits per heavy atom. The van der Waals surface area contributed by atoms with Gasteiger partial charge in [0.2, 0.25) is 5.91 Å². The first-order valence-electron chi connectivity index (χ1n) is 6.94. The molecular weight excluding hydrogens is 252 g/mol. The maximum atomic E-state index is 12.1. The Morgan fingerprint density at radius 2 is 1.95 bits per heavy atom. The summed E-state index contributed by atoms with van der Waals surface area (Å²) in [7, 11) is 0. The number of nitrogens with zero attached hydrogens (tertiary/aromatic N) is 1. The zero-order valence-electron chi connectivity index (χ0n) is 11.2. The summed E-state index contributed by atoms with van der Waals surface area (Å²) in [4.78, 5) is 19.4. The van der Waals surface area contributed by atoms with Gasteiger partial charge in [0.1, 0.15) is 5.82 Å². The summed E-state index contributed by atoms with van der Waals surface area (Å²) in [5.74, 6) is 1.08. The van der Waals surface area contributed by atoms with E-state index in [1.165, 1.54) is 0 Å². The Hall–Kier alpha value is -2.14. The van der Waals surface area contributed by atoms with E-state index in [-0.39, 0.29) is 11.8 Å². The number of aromatic nitrogens is 2. The third-order valence-corrected chi connectivity index (χ3v) is 3.63. The Kier molecular flexibility index (Phi) is 3.78. The number of piperidine rings is 1. The summed E-state index contributed by atoms with van der Waals surface area (Å²) < 4.78 is 0. The van der Waals surface area contributed by atoms with Crippen LogP contribution in [-0.2, 0) is 4.79 Å². The van der Waals surface area contributed by atoms with Crippen LogP contribution in [0.3, 0.4) is 0 Å². The molecule has 0 unspecified atom stereocenters. The highest BCUT2D eigenvalue weighted by molar-refractivity contribution is 5.92. The summed E-state index contributed by atoms with van der Waals surface area (Å²) in [6.07, 6.45) is 5.34. The van der Waals surface area contributed by atoms with Gasteiger partial charge in [0.15, 0.2) is 0 Å². The van der Waals surface area contributed by atoms with Crippen molar-refractivity contribution in [1.29, 1.82) is 0 Å². The summed E-state index contributed by atoms with van der Waals surface area (Å²) >= 11 is 0. The van der Waals surface area contributed by atoms with E-state index in [0.29, 0.717) is 0 Å². The SMILES string of the molecule is O=C(Nc1ccc(-c2ncc[nH]2)cc1)C1CCNCC1. The number of hydrogen-bond donors (Lipinski definition) is 3. The maximum absolute atomic E-state index is 12.1. The predicted molar refractivity (Wildman–Crippen MR) is 78.2 cm³/mol. The first-order valence-corrected chi connectivity index (χ1v) is 6.94. The quantitative estimate of drug-likeness (QED) is 0.799. The third kappa shape index (κ3) is 2.88. The van der Waals surface area contributed by atoms with Gasteiger partial charge in [-0.2, -0.15) is 0 Å². The van der Waals surface area contributed by atoms with E-state index in [2.05, 4.69) is 20.6 Å². The minimum Gasteiger partial charge on any atom is -0.345 e. The Bertz CT molecular complexity index is 556. The first-order chi connectivity index (χ1) is 9.83. The lowest BCUT2D eigenvalue weighted by Crippen LogP contribution is -2.34. The van der Waals surface area contributed by atoms with Gasteiger partial charge in [-0.1, -0.05) is 0 Å². The lowest BCUT2D eigenvalue weighted by Gasteiger charge is -2.21. The molecule has 0 radical (unpaired) electrons. The molecule has 1 aromatic carbocycles. The molecule has 1 amide bonds. The van der Waals surface area contributed by atoms with Gasteiger partial charge < -0.3 is 15.6 Å². The number of aromatic amines is 1. The van der Waals surface area contributed by atoms with Crippen molar-refractivity contribution in [3.05, 3.63) is 36.7 Å². The molecule has 2 aromatic rings. The minimum atomic E-state index is 0.122. The number of hydrogen-bond acceptors (Lipinski definition) is 3. The molecule has 1 aromatic heterocycles. The second-order valence-corrected chi connectivity index (χ2v) is 5.03. The van der Waals surface area contributed by atoms with E-state index >= 15 is 0 Å². The summed E-state index contributed by atoms with van der Waals surface area (Å²) in [5, 5.41) is 6.25. The minimum absolute atomic E-state index is 0.122. The highest BCUT2D eigenvalue weighted by atomic mass is 16.1. The maximum Gasteiger partial charge on any atom is 0.227 e. The molecule has 1 saturated heterocycles. The van der Waals surface area contributed by atoms with Crippen LogP contribution in [-0.4, -0.2) is 29.0 Å². The van der Waals surface area contributed by atoms with E-state index in [1.54, 1.807) is 12.4 Å². The fraction of sp³-hybridized carbons (Fsp3) is 0.333. The lowest BCUT2D eigenvalue weighted by atomic mass is 9.97. The number of amides is 1. The molecule has 0 atom stereocenters. The number of carbonyl (C=O) groups excluding carboxylic acids is 1. The molecule has 0 bridgehead atoms. The third-order valence-electron chi connectivity index (χ3n) is 3.63. The molecule has 5 heteroatoms. The van der Waals surface area contributed by atoms with Crippen molar-refractivity contribution >= 4 is 11.6 Å². The van der Waals surface area contributed by atoms with E-state index < -0.39 is 0 Å². The average molecular weight is 270 g/mol. The standard InChI is InChI=1S/C15H18N4O/c20-15(12-5-7-16-8-6-12)19-13-3-1-11(2-4-13)14-17-9-10-18-14/h1-4,9-10,12,16H,5-8H2,(H,17,18)(H,19,20). The Balaban J connectivity index is 1.64. The van der Waals surface area contributed by atoms with E-state index in [1.807, 2.05) is 24.3 Å². The largest absolute Gasteiger partial charge is 0.345 e. The molecule has 20 heavy (non-hydrogen) atoms. The highest BCUT2D eigenvalue weighted by Crippen LogP contribution is 2.19. The molecule has 0 spiro atoms. The molecule has 2 heterocycles. The fourth-order valence-electron chi connectivity index (χ4n) is 2.46. The lowest BCUT2D eigenvalue weighted by molar-refractivity contribution is -0.120. The molecule has 0 saturated carbocycles. The number of anilines is 1. The number of rotatable bonds is 3. The molecule has 1 aliphatic rings. The Labute approximate surface area is 117 Å². The van der Waals surface area contributed by atoms with Crippen molar-refractivity contribution in [1.82, 2.24) is 15.3 Å². The molecule has 5 nitrogen and oxygen atoms in total. The van der Waals surface area contributed by atoms with Crippen LogP contribution in [0.25, 0.3) is 11.4 Å². The monoisotopic (exact) mass is 270 g/mol. The van der Waals surface area contributed by atoms with Crippen LogP contribution >= 0.6 is 0 Å². The summed E-state index contributed by atoms with van der Waals surface area (Å²) in [5.41, 5.74) is 1.85. The van der Waals surface area contributed by atoms with Crippen molar-refractivity contribution in [2.45, 2.75) is 12.8 Å². The van der Waals surface area contributed by atoms with Gasteiger partial charge in [-0.3, -0.25) is 4.79 Å². The van der Waals surface area contributed by atoms with Gasteiger partial charge >= 0.3 is 0 Å². The molecular formula is C15H18N4O. The van der Waals surface area contributed by atoms with Crippen LogP contribution < -0.4 is 10.6 Å². The topological polar surface area (TPSA) is 69.8 Å². The Morgan fingerprint density at radius 3 is 2.60 bits per heavy atom. The van der Waals surface area contributed by atoms with Crippen LogP contribution in [0.15, 0.2) is 36.7 Å². The molecule has 1 aliphatic heterocycles. The fourth-order valence-corrected chi connectivity index (χ4v) is 2.46. The van der Waals surface area contributed by atoms with Crippen molar-refractivity contribution < 1.29 is 4.79 Å². The van der Waals surface area contributed by atoms with Crippen molar-refractivity contribution in [3.63, 3.8) is 0 Å². The van der Waals surface area contributed by atoms with Gasteiger partial charge in [0.25, 0.3) is 0 Å². The molecule has 0 aliphatic carbocycles. The first kappa shape index (κ1) is 12.9. The molecule has 1 fully saturated rings. The van der Waals surface area contributed by atoms with Crippen molar-refractivity contribution in [2.24, 2.45) is 5.92 Å². The zero-order chi connectivity index (χ0) is 13.8. The molecule has 3 N–H and O–H groups in total. The second-order valence-electron chi connectivity index (χ2n) is 5.03. The summed E-state index contributed by atoms with van der Waals surface area (Å²) in [6, 6.07) is 7.74. The zero-order valence-corrected chi connectivity index (χ0v) is 11.2. The van der Waals surface area contributed by atoms with Crippen molar-refractivity contribution in [3.8, 4) is 11.4 Å². The van der Waals surface area contributed by atoms with Crippen LogP contribution in [0.2, 0.25) is 0 Å². The van der Waals surface area contributed by atoms with Crippen LogP contribution in [0.5, 0.6) is 0 Å². The number of nitrogens with one attached hydrogen (secondary N) is 3. The highest BCUT2D eigenvalue weighted by Gasteiger charge is 2.20. The van der Waals surface area contributed by atoms with Gasteiger partial charge in [-0.15, -0.1) is 0 Å². The van der Waals surface area contributed by atoms with Gasteiger partial charge in [-0.05, 0) is 50.2 Å². The normalized spacial score (nSPS) is 16.0. The molecule has 3 rings (SSSR count). The van der Waals surface area contributed by atoms with Gasteiger partial charge in [0.05, 0.1) is 0 Å².